The van der Waals surface area contributed by atoms with Gasteiger partial charge in [0.15, 0.2) is 6.61 Å². The standard InChI is InChI=1S/C20H22F3N3O4S/c1-29-16-6-4-3-5-14(16)18(27)26-15(9-10-31-2)19(28)25-13-7-8-17(24-11-13)30-12-20(21,22)23/h3-8,11,15H,9-10,12H2,1-2H3,(H,25,28)(H,26,27). The smallest absolute Gasteiger partial charge is 0.422 e. The van der Waals surface area contributed by atoms with E-state index in [1.807, 2.05) is 6.26 Å². The number of ether oxygens (including phenoxy) is 2. The Kier molecular flexibility index (Phi) is 8.98. The number of carbonyl (C=O) groups is 2. The summed E-state index contributed by atoms with van der Waals surface area (Å²) in [5.41, 5.74) is 0.546. The van der Waals surface area contributed by atoms with Crippen molar-refractivity contribution in [2.45, 2.75) is 18.6 Å². The average Bonchev–Trinajstić information content (AvgIpc) is 2.75. The van der Waals surface area contributed by atoms with E-state index in [0.717, 1.165) is 0 Å². The van der Waals surface area contributed by atoms with Gasteiger partial charge in [-0.1, -0.05) is 12.1 Å². The number of carbonyl (C=O) groups excluding carboxylic acids is 2. The van der Waals surface area contributed by atoms with E-state index in [4.69, 9.17) is 4.74 Å². The number of amides is 2. The fraction of sp³-hybridized carbons (Fsp3) is 0.350. The van der Waals surface area contributed by atoms with Crippen molar-refractivity contribution in [3.63, 3.8) is 0 Å². The number of alkyl halides is 3. The molecule has 0 fully saturated rings. The number of anilines is 1. The first-order valence-corrected chi connectivity index (χ1v) is 10.5. The number of rotatable bonds is 10. The van der Waals surface area contributed by atoms with E-state index >= 15 is 0 Å². The van der Waals surface area contributed by atoms with Crippen LogP contribution in [-0.4, -0.2) is 54.7 Å². The van der Waals surface area contributed by atoms with Gasteiger partial charge >= 0.3 is 6.18 Å². The lowest BCUT2D eigenvalue weighted by Gasteiger charge is -2.19. The van der Waals surface area contributed by atoms with Gasteiger partial charge in [-0.25, -0.2) is 4.98 Å². The van der Waals surface area contributed by atoms with Crippen LogP contribution < -0.4 is 20.1 Å². The van der Waals surface area contributed by atoms with E-state index in [1.165, 1.54) is 37.2 Å². The summed E-state index contributed by atoms with van der Waals surface area (Å²) in [7, 11) is 1.44. The Hall–Kier alpha value is -2.95. The molecule has 1 aromatic heterocycles. The van der Waals surface area contributed by atoms with Crippen molar-refractivity contribution in [1.82, 2.24) is 10.3 Å². The summed E-state index contributed by atoms with van der Waals surface area (Å²) in [6.07, 6.45) is -1.05. The van der Waals surface area contributed by atoms with Crippen LogP contribution >= 0.6 is 11.8 Å². The minimum Gasteiger partial charge on any atom is -0.496 e. The molecule has 1 aromatic carbocycles. The molecule has 2 amide bonds. The zero-order valence-electron chi connectivity index (χ0n) is 16.9. The molecule has 7 nitrogen and oxygen atoms in total. The summed E-state index contributed by atoms with van der Waals surface area (Å²) in [6, 6.07) is 8.37. The lowest BCUT2D eigenvalue weighted by atomic mass is 10.1. The minimum atomic E-state index is -4.47. The van der Waals surface area contributed by atoms with Gasteiger partial charge in [-0.05, 0) is 36.6 Å². The van der Waals surface area contributed by atoms with E-state index in [-0.39, 0.29) is 11.6 Å². The molecule has 0 radical (unpaired) electrons. The number of methoxy groups -OCH3 is 1. The molecular formula is C20H22F3N3O4S. The van der Waals surface area contributed by atoms with Gasteiger partial charge < -0.3 is 20.1 Å². The van der Waals surface area contributed by atoms with Crippen LogP contribution in [-0.2, 0) is 4.79 Å². The van der Waals surface area contributed by atoms with E-state index in [0.29, 0.717) is 23.5 Å². The summed E-state index contributed by atoms with van der Waals surface area (Å²) in [6.45, 7) is -1.46. The first-order chi connectivity index (χ1) is 14.7. The van der Waals surface area contributed by atoms with Crippen molar-refractivity contribution < 1.29 is 32.2 Å². The van der Waals surface area contributed by atoms with Crippen LogP contribution in [0.25, 0.3) is 0 Å². The SMILES string of the molecule is COc1ccccc1C(=O)NC(CCSC)C(=O)Nc1ccc(OCC(F)(F)F)nc1. The van der Waals surface area contributed by atoms with E-state index in [2.05, 4.69) is 20.4 Å². The zero-order chi connectivity index (χ0) is 22.9. The number of thioether (sulfide) groups is 1. The van der Waals surface area contributed by atoms with Crippen LogP contribution in [0.1, 0.15) is 16.8 Å². The monoisotopic (exact) mass is 457 g/mol. The fourth-order valence-electron chi connectivity index (χ4n) is 2.50. The number of para-hydroxylation sites is 1. The highest BCUT2D eigenvalue weighted by molar-refractivity contribution is 7.98. The molecule has 11 heteroatoms. The second-order valence-corrected chi connectivity index (χ2v) is 7.27. The molecular weight excluding hydrogens is 435 g/mol. The third kappa shape index (κ3) is 8.00. The maximum atomic E-state index is 12.7. The van der Waals surface area contributed by atoms with Gasteiger partial charge in [0.05, 0.1) is 24.6 Å². The van der Waals surface area contributed by atoms with Crippen molar-refractivity contribution in [2.24, 2.45) is 0 Å². The first-order valence-electron chi connectivity index (χ1n) is 9.12. The number of benzene rings is 1. The third-order valence-electron chi connectivity index (χ3n) is 3.97. The van der Waals surface area contributed by atoms with Crippen LogP contribution in [0.4, 0.5) is 18.9 Å². The number of hydrogen-bond acceptors (Lipinski definition) is 6. The maximum absolute atomic E-state index is 12.7. The molecule has 2 aromatic rings. The minimum absolute atomic E-state index is 0.223. The van der Waals surface area contributed by atoms with Gasteiger partial charge in [0, 0.05) is 6.07 Å². The Morgan fingerprint density at radius 2 is 1.94 bits per heavy atom. The number of nitrogens with one attached hydrogen (secondary N) is 2. The molecule has 0 saturated carbocycles. The predicted octanol–water partition coefficient (Wildman–Crippen LogP) is 3.52. The predicted molar refractivity (Wildman–Crippen MR) is 112 cm³/mol. The average molecular weight is 457 g/mol. The molecule has 2 rings (SSSR count). The van der Waals surface area contributed by atoms with E-state index in [1.54, 1.807) is 24.3 Å². The summed E-state index contributed by atoms with van der Waals surface area (Å²) in [4.78, 5) is 29.1. The Morgan fingerprint density at radius 3 is 2.55 bits per heavy atom. The van der Waals surface area contributed by atoms with Gasteiger partial charge in [-0.15, -0.1) is 0 Å². The summed E-state index contributed by atoms with van der Waals surface area (Å²) < 4.78 is 46.3. The third-order valence-corrected chi connectivity index (χ3v) is 4.62. The summed E-state index contributed by atoms with van der Waals surface area (Å²) in [5, 5.41) is 5.30. The molecule has 0 spiro atoms. The molecule has 2 N–H and O–H groups in total. The molecule has 31 heavy (non-hydrogen) atoms. The molecule has 0 aliphatic carbocycles. The Morgan fingerprint density at radius 1 is 1.19 bits per heavy atom. The highest BCUT2D eigenvalue weighted by Crippen LogP contribution is 2.19. The van der Waals surface area contributed by atoms with Gasteiger partial charge in [0.1, 0.15) is 11.8 Å². The van der Waals surface area contributed by atoms with Crippen LogP contribution in [0.15, 0.2) is 42.6 Å². The molecule has 1 atom stereocenters. The molecule has 0 aliphatic heterocycles. The number of nitrogens with zero attached hydrogens (tertiary/aromatic N) is 1. The molecule has 0 saturated heterocycles. The summed E-state index contributed by atoms with van der Waals surface area (Å²) in [5.74, 6) is -0.176. The van der Waals surface area contributed by atoms with Crippen molar-refractivity contribution >= 4 is 29.3 Å². The van der Waals surface area contributed by atoms with Gasteiger partial charge in [0.2, 0.25) is 11.8 Å². The fourth-order valence-corrected chi connectivity index (χ4v) is 2.97. The molecule has 0 aliphatic rings. The second kappa shape index (κ2) is 11.4. The van der Waals surface area contributed by atoms with Crippen molar-refractivity contribution in [1.29, 1.82) is 0 Å². The Bertz CT molecular complexity index is 879. The molecule has 168 valence electrons. The summed E-state index contributed by atoms with van der Waals surface area (Å²) >= 11 is 1.52. The largest absolute Gasteiger partial charge is 0.496 e. The van der Waals surface area contributed by atoms with Gasteiger partial charge in [-0.3, -0.25) is 9.59 Å². The normalized spacial score (nSPS) is 12.0. The maximum Gasteiger partial charge on any atom is 0.422 e. The highest BCUT2D eigenvalue weighted by Gasteiger charge is 2.28. The first kappa shape index (κ1) is 24.3. The number of aromatic nitrogens is 1. The van der Waals surface area contributed by atoms with Crippen molar-refractivity contribution in [2.75, 3.05) is 31.0 Å². The quantitative estimate of drug-likeness (QED) is 0.568. The van der Waals surface area contributed by atoms with Crippen molar-refractivity contribution in [3.05, 3.63) is 48.2 Å². The van der Waals surface area contributed by atoms with Crippen LogP contribution in [0.3, 0.4) is 0 Å². The van der Waals surface area contributed by atoms with Crippen LogP contribution in [0.2, 0.25) is 0 Å². The van der Waals surface area contributed by atoms with Crippen molar-refractivity contribution in [3.8, 4) is 11.6 Å². The Balaban J connectivity index is 2.04. The Labute approximate surface area is 181 Å². The lowest BCUT2D eigenvalue weighted by molar-refractivity contribution is -0.154. The number of pyridine rings is 1. The van der Waals surface area contributed by atoms with Gasteiger partial charge in [0.25, 0.3) is 5.91 Å². The van der Waals surface area contributed by atoms with Crippen LogP contribution in [0.5, 0.6) is 11.6 Å². The zero-order valence-corrected chi connectivity index (χ0v) is 17.7. The molecule has 1 unspecified atom stereocenters. The highest BCUT2D eigenvalue weighted by atomic mass is 32.2. The topological polar surface area (TPSA) is 89.5 Å². The van der Waals surface area contributed by atoms with E-state index in [9.17, 15) is 22.8 Å². The van der Waals surface area contributed by atoms with Crippen LogP contribution in [0, 0.1) is 0 Å². The number of halogens is 3. The molecule has 0 bridgehead atoms. The second-order valence-electron chi connectivity index (χ2n) is 6.29. The molecule has 1 heterocycles. The van der Waals surface area contributed by atoms with E-state index < -0.39 is 30.6 Å². The number of hydrogen-bond donors (Lipinski definition) is 2. The lowest BCUT2D eigenvalue weighted by Crippen LogP contribution is -2.44. The van der Waals surface area contributed by atoms with Gasteiger partial charge in [-0.2, -0.15) is 24.9 Å².